The maximum atomic E-state index is 13.3. The van der Waals surface area contributed by atoms with Crippen molar-refractivity contribution in [3.63, 3.8) is 0 Å². The number of nitrogens with one attached hydrogen (secondary N) is 1. The highest BCUT2D eigenvalue weighted by molar-refractivity contribution is 5.75. The largest absolute Gasteiger partial charge is 0.481 e. The maximum absolute atomic E-state index is 13.3. The van der Waals surface area contributed by atoms with Gasteiger partial charge in [-0.1, -0.05) is 24.6 Å². The second kappa shape index (κ2) is 8.24. The molecule has 0 aliphatic carbocycles. The summed E-state index contributed by atoms with van der Waals surface area (Å²) in [6.07, 6.45) is 2.41. The van der Waals surface area contributed by atoms with Crippen LogP contribution in [-0.2, 0) is 16.1 Å². The molecule has 0 aromatic heterocycles. The van der Waals surface area contributed by atoms with E-state index in [1.165, 1.54) is 6.07 Å². The van der Waals surface area contributed by atoms with Crippen molar-refractivity contribution >= 4 is 11.9 Å². The van der Waals surface area contributed by atoms with Gasteiger partial charge in [0.05, 0.1) is 0 Å². The van der Waals surface area contributed by atoms with Crippen LogP contribution in [0.2, 0.25) is 0 Å². The van der Waals surface area contributed by atoms with Crippen molar-refractivity contribution in [2.45, 2.75) is 38.6 Å². The van der Waals surface area contributed by atoms with Gasteiger partial charge in [-0.3, -0.25) is 9.59 Å². The van der Waals surface area contributed by atoms with Gasteiger partial charge in [0.25, 0.3) is 0 Å². The Kier molecular flexibility index (Phi) is 6.57. The molecule has 4 nitrogen and oxygen atoms in total. The first-order valence-corrected chi connectivity index (χ1v) is 6.31. The van der Waals surface area contributed by atoms with E-state index in [0.717, 1.165) is 0 Å². The second-order valence-electron chi connectivity index (χ2n) is 4.32. The average molecular weight is 267 g/mol. The number of rotatable bonds is 8. The molecule has 0 radical (unpaired) electrons. The van der Waals surface area contributed by atoms with E-state index in [9.17, 15) is 14.0 Å². The van der Waals surface area contributed by atoms with E-state index in [4.69, 9.17) is 5.11 Å². The standard InChI is InChI=1S/C14H18FNO3/c15-12-7-5-4-6-11(12)10-16-13(17)8-2-1-3-9-14(18)19/h4-7H,1-3,8-10H2,(H,16,17)(H,18,19). The van der Waals surface area contributed by atoms with Crippen molar-refractivity contribution in [3.05, 3.63) is 35.6 Å². The minimum absolute atomic E-state index is 0.136. The summed E-state index contributed by atoms with van der Waals surface area (Å²) in [4.78, 5) is 21.7. The van der Waals surface area contributed by atoms with Crippen LogP contribution in [0, 0.1) is 5.82 Å². The van der Waals surface area contributed by atoms with Crippen LogP contribution in [0.25, 0.3) is 0 Å². The summed E-state index contributed by atoms with van der Waals surface area (Å²) in [6, 6.07) is 6.30. The first-order chi connectivity index (χ1) is 9.09. The molecule has 0 spiro atoms. The molecule has 104 valence electrons. The van der Waals surface area contributed by atoms with Gasteiger partial charge in [-0.2, -0.15) is 0 Å². The van der Waals surface area contributed by atoms with Crippen molar-refractivity contribution in [3.8, 4) is 0 Å². The predicted octanol–water partition coefficient (Wildman–Crippen LogP) is 2.48. The molecule has 0 unspecified atom stereocenters. The zero-order chi connectivity index (χ0) is 14.1. The van der Waals surface area contributed by atoms with Crippen LogP contribution in [0.5, 0.6) is 0 Å². The zero-order valence-electron chi connectivity index (χ0n) is 10.7. The lowest BCUT2D eigenvalue weighted by Crippen LogP contribution is -2.22. The quantitative estimate of drug-likeness (QED) is 0.711. The van der Waals surface area contributed by atoms with E-state index in [-0.39, 0.29) is 24.7 Å². The lowest BCUT2D eigenvalue weighted by Gasteiger charge is -2.06. The van der Waals surface area contributed by atoms with Crippen LogP contribution in [0.15, 0.2) is 24.3 Å². The number of aliphatic carboxylic acids is 1. The van der Waals surface area contributed by atoms with Crippen molar-refractivity contribution in [2.75, 3.05) is 0 Å². The van der Waals surface area contributed by atoms with Gasteiger partial charge in [0, 0.05) is 24.9 Å². The molecule has 0 aliphatic rings. The molecule has 5 heteroatoms. The number of halogens is 1. The molecule has 19 heavy (non-hydrogen) atoms. The number of hydrogen-bond donors (Lipinski definition) is 2. The molecule has 0 bridgehead atoms. The Morgan fingerprint density at radius 3 is 2.47 bits per heavy atom. The second-order valence-corrected chi connectivity index (χ2v) is 4.32. The Bertz CT molecular complexity index is 434. The zero-order valence-corrected chi connectivity index (χ0v) is 10.7. The van der Waals surface area contributed by atoms with E-state index < -0.39 is 5.97 Å². The van der Waals surface area contributed by atoms with Crippen molar-refractivity contribution in [1.29, 1.82) is 0 Å². The van der Waals surface area contributed by atoms with E-state index in [1.807, 2.05) is 0 Å². The summed E-state index contributed by atoms with van der Waals surface area (Å²) < 4.78 is 13.3. The van der Waals surface area contributed by atoms with E-state index in [2.05, 4.69) is 5.32 Å². The van der Waals surface area contributed by atoms with Crippen molar-refractivity contribution in [2.24, 2.45) is 0 Å². The van der Waals surface area contributed by atoms with Gasteiger partial charge in [-0.25, -0.2) is 4.39 Å². The molecule has 1 rings (SSSR count). The fourth-order valence-electron chi connectivity index (χ4n) is 1.66. The number of carbonyl (C=O) groups excluding carboxylic acids is 1. The molecular formula is C14H18FNO3. The normalized spacial score (nSPS) is 10.2. The summed E-state index contributed by atoms with van der Waals surface area (Å²) in [6.45, 7) is 0.181. The smallest absolute Gasteiger partial charge is 0.303 e. The van der Waals surface area contributed by atoms with E-state index in [1.54, 1.807) is 18.2 Å². The third-order valence-corrected chi connectivity index (χ3v) is 2.73. The molecule has 0 saturated heterocycles. The van der Waals surface area contributed by atoms with Gasteiger partial charge in [0.1, 0.15) is 5.82 Å². The van der Waals surface area contributed by atoms with E-state index >= 15 is 0 Å². The predicted molar refractivity (Wildman–Crippen MR) is 69.0 cm³/mol. The monoisotopic (exact) mass is 267 g/mol. The highest BCUT2D eigenvalue weighted by Crippen LogP contribution is 2.06. The SMILES string of the molecule is O=C(O)CCCCCC(=O)NCc1ccccc1F. The number of amides is 1. The number of unbranched alkanes of at least 4 members (excludes halogenated alkanes) is 2. The minimum atomic E-state index is -0.816. The highest BCUT2D eigenvalue weighted by Gasteiger charge is 2.04. The lowest BCUT2D eigenvalue weighted by atomic mass is 10.1. The van der Waals surface area contributed by atoms with Gasteiger partial charge < -0.3 is 10.4 Å². The Balaban J connectivity index is 2.15. The topological polar surface area (TPSA) is 66.4 Å². The molecular weight excluding hydrogens is 249 g/mol. The number of benzene rings is 1. The van der Waals surface area contributed by atoms with Gasteiger partial charge in [0.2, 0.25) is 5.91 Å². The van der Waals surface area contributed by atoms with E-state index in [0.29, 0.717) is 31.2 Å². The molecule has 1 aromatic rings. The third-order valence-electron chi connectivity index (χ3n) is 2.73. The highest BCUT2D eigenvalue weighted by atomic mass is 19.1. The summed E-state index contributed by atoms with van der Waals surface area (Å²) in [5.41, 5.74) is 0.460. The van der Waals surface area contributed by atoms with Gasteiger partial charge in [0.15, 0.2) is 0 Å². The molecule has 0 atom stereocenters. The third kappa shape index (κ3) is 6.55. The Labute approximate surface area is 111 Å². The van der Waals surface area contributed by atoms with Crippen LogP contribution < -0.4 is 5.32 Å². The minimum Gasteiger partial charge on any atom is -0.481 e. The first-order valence-electron chi connectivity index (χ1n) is 6.31. The fourth-order valence-corrected chi connectivity index (χ4v) is 1.66. The lowest BCUT2D eigenvalue weighted by molar-refractivity contribution is -0.137. The Morgan fingerprint density at radius 1 is 1.11 bits per heavy atom. The number of carbonyl (C=O) groups is 2. The molecule has 0 saturated carbocycles. The summed E-state index contributed by atoms with van der Waals surface area (Å²) in [5.74, 6) is -1.29. The van der Waals surface area contributed by atoms with Crippen LogP contribution in [0.1, 0.15) is 37.7 Å². The number of carboxylic acids is 1. The van der Waals surface area contributed by atoms with Crippen LogP contribution in [-0.4, -0.2) is 17.0 Å². The first kappa shape index (κ1) is 15.1. The van der Waals surface area contributed by atoms with Crippen molar-refractivity contribution in [1.82, 2.24) is 5.32 Å². The molecule has 1 amide bonds. The summed E-state index contributed by atoms with van der Waals surface area (Å²) >= 11 is 0. The average Bonchev–Trinajstić information content (AvgIpc) is 2.37. The van der Waals surface area contributed by atoms with Crippen molar-refractivity contribution < 1.29 is 19.1 Å². The number of hydrogen-bond acceptors (Lipinski definition) is 2. The Morgan fingerprint density at radius 2 is 1.79 bits per heavy atom. The number of carboxylic acid groups (broad SMARTS) is 1. The molecule has 2 N–H and O–H groups in total. The van der Waals surface area contributed by atoms with Gasteiger partial charge in [-0.05, 0) is 18.9 Å². The van der Waals surface area contributed by atoms with Crippen LogP contribution in [0.3, 0.4) is 0 Å². The molecule has 0 heterocycles. The van der Waals surface area contributed by atoms with Crippen LogP contribution >= 0.6 is 0 Å². The maximum Gasteiger partial charge on any atom is 0.303 e. The summed E-state index contributed by atoms with van der Waals surface area (Å²) in [5, 5.41) is 11.1. The van der Waals surface area contributed by atoms with Gasteiger partial charge >= 0.3 is 5.97 Å². The Hall–Kier alpha value is -1.91. The molecule has 1 aromatic carbocycles. The molecule has 0 fully saturated rings. The van der Waals surface area contributed by atoms with Crippen LogP contribution in [0.4, 0.5) is 4.39 Å². The molecule has 0 aliphatic heterocycles. The summed E-state index contributed by atoms with van der Waals surface area (Å²) in [7, 11) is 0. The van der Waals surface area contributed by atoms with Gasteiger partial charge in [-0.15, -0.1) is 0 Å². The fraction of sp³-hybridized carbons (Fsp3) is 0.429.